The third kappa shape index (κ3) is 4.11. The average molecular weight is 244 g/mol. The maximum absolute atomic E-state index is 13.4. The SMILES string of the molecule is CCOc1ccc(NC/C=C/CCl)cc1F. The zero-order valence-corrected chi connectivity index (χ0v) is 9.93. The fourth-order valence-corrected chi connectivity index (χ4v) is 1.33. The number of ether oxygens (including phenoxy) is 1. The number of anilines is 1. The van der Waals surface area contributed by atoms with E-state index in [0.29, 0.717) is 19.0 Å². The zero-order valence-electron chi connectivity index (χ0n) is 9.17. The summed E-state index contributed by atoms with van der Waals surface area (Å²) in [6.07, 6.45) is 3.72. The molecule has 0 spiro atoms. The normalized spacial score (nSPS) is 10.7. The number of hydrogen-bond donors (Lipinski definition) is 1. The van der Waals surface area contributed by atoms with E-state index >= 15 is 0 Å². The van der Waals surface area contributed by atoms with E-state index in [1.807, 2.05) is 19.1 Å². The number of alkyl halides is 1. The van der Waals surface area contributed by atoms with E-state index in [1.165, 1.54) is 6.07 Å². The fraction of sp³-hybridized carbons (Fsp3) is 0.333. The van der Waals surface area contributed by atoms with Gasteiger partial charge in [-0.1, -0.05) is 12.2 Å². The summed E-state index contributed by atoms with van der Waals surface area (Å²) in [5.74, 6) is 0.414. The van der Waals surface area contributed by atoms with Crippen LogP contribution in [0.1, 0.15) is 6.92 Å². The summed E-state index contributed by atoms with van der Waals surface area (Å²) in [5.41, 5.74) is 0.722. The molecule has 0 atom stereocenters. The van der Waals surface area contributed by atoms with Gasteiger partial charge >= 0.3 is 0 Å². The van der Waals surface area contributed by atoms with Gasteiger partial charge in [0.15, 0.2) is 11.6 Å². The van der Waals surface area contributed by atoms with E-state index in [-0.39, 0.29) is 11.6 Å². The largest absolute Gasteiger partial charge is 0.491 e. The first kappa shape index (κ1) is 12.8. The third-order valence-corrected chi connectivity index (χ3v) is 2.09. The highest BCUT2D eigenvalue weighted by Gasteiger charge is 2.02. The molecule has 0 saturated heterocycles. The first-order valence-electron chi connectivity index (χ1n) is 5.15. The van der Waals surface area contributed by atoms with Crippen LogP contribution < -0.4 is 10.1 Å². The van der Waals surface area contributed by atoms with Gasteiger partial charge in [0.25, 0.3) is 0 Å². The smallest absolute Gasteiger partial charge is 0.167 e. The fourth-order valence-electron chi connectivity index (χ4n) is 1.21. The molecular weight excluding hydrogens is 229 g/mol. The van der Waals surface area contributed by atoms with Gasteiger partial charge in [-0.25, -0.2) is 4.39 Å². The summed E-state index contributed by atoms with van der Waals surface area (Å²) < 4.78 is 18.5. The van der Waals surface area contributed by atoms with Gasteiger partial charge in [-0.2, -0.15) is 0 Å². The molecule has 0 fully saturated rings. The topological polar surface area (TPSA) is 21.3 Å². The molecule has 0 aromatic heterocycles. The number of nitrogens with one attached hydrogen (secondary N) is 1. The van der Waals surface area contributed by atoms with Crippen LogP contribution in [0.2, 0.25) is 0 Å². The highest BCUT2D eigenvalue weighted by molar-refractivity contribution is 6.18. The lowest BCUT2D eigenvalue weighted by atomic mass is 10.3. The molecule has 0 heterocycles. The highest BCUT2D eigenvalue weighted by Crippen LogP contribution is 2.20. The number of rotatable bonds is 6. The average Bonchev–Trinajstić information content (AvgIpc) is 2.28. The minimum Gasteiger partial charge on any atom is -0.491 e. The highest BCUT2D eigenvalue weighted by atomic mass is 35.5. The Hall–Kier alpha value is -1.22. The Morgan fingerprint density at radius 2 is 2.25 bits per heavy atom. The van der Waals surface area contributed by atoms with Crippen LogP contribution >= 0.6 is 11.6 Å². The van der Waals surface area contributed by atoms with Crippen molar-refractivity contribution in [3.63, 3.8) is 0 Å². The van der Waals surface area contributed by atoms with Crippen LogP contribution in [-0.2, 0) is 0 Å². The van der Waals surface area contributed by atoms with Crippen molar-refractivity contribution in [2.24, 2.45) is 0 Å². The predicted octanol–water partition coefficient (Wildman–Crippen LogP) is 3.43. The van der Waals surface area contributed by atoms with Crippen molar-refractivity contribution in [2.45, 2.75) is 6.92 Å². The molecule has 1 N–H and O–H groups in total. The Bertz CT molecular complexity index is 355. The molecular formula is C12H15ClFNO. The maximum atomic E-state index is 13.4. The second-order valence-electron chi connectivity index (χ2n) is 3.08. The molecule has 1 aromatic rings. The van der Waals surface area contributed by atoms with Gasteiger partial charge in [-0.3, -0.25) is 0 Å². The van der Waals surface area contributed by atoms with Gasteiger partial charge in [-0.05, 0) is 19.1 Å². The minimum atomic E-state index is -0.354. The summed E-state index contributed by atoms with van der Waals surface area (Å²) in [4.78, 5) is 0. The van der Waals surface area contributed by atoms with Crippen molar-refractivity contribution in [3.8, 4) is 5.75 Å². The van der Waals surface area contributed by atoms with Crippen LogP contribution in [0.25, 0.3) is 0 Å². The van der Waals surface area contributed by atoms with Crippen molar-refractivity contribution >= 4 is 17.3 Å². The zero-order chi connectivity index (χ0) is 11.8. The van der Waals surface area contributed by atoms with Crippen LogP contribution in [0.15, 0.2) is 30.4 Å². The maximum Gasteiger partial charge on any atom is 0.167 e. The van der Waals surface area contributed by atoms with Crippen LogP contribution in [0.5, 0.6) is 5.75 Å². The van der Waals surface area contributed by atoms with E-state index in [9.17, 15) is 4.39 Å². The van der Waals surface area contributed by atoms with Crippen LogP contribution in [-0.4, -0.2) is 19.0 Å². The molecule has 0 amide bonds. The summed E-state index contributed by atoms with van der Waals surface area (Å²) >= 11 is 5.47. The van der Waals surface area contributed by atoms with Gasteiger partial charge < -0.3 is 10.1 Å². The molecule has 0 saturated carbocycles. The number of halogens is 2. The van der Waals surface area contributed by atoms with Crippen molar-refractivity contribution in [1.82, 2.24) is 0 Å². The second-order valence-corrected chi connectivity index (χ2v) is 3.39. The number of hydrogen-bond acceptors (Lipinski definition) is 2. The molecule has 16 heavy (non-hydrogen) atoms. The molecule has 0 aliphatic carbocycles. The molecule has 0 unspecified atom stereocenters. The lowest BCUT2D eigenvalue weighted by molar-refractivity contribution is 0.321. The number of benzene rings is 1. The molecule has 1 aromatic carbocycles. The summed E-state index contributed by atoms with van der Waals surface area (Å²) in [6.45, 7) is 2.91. The van der Waals surface area contributed by atoms with Gasteiger partial charge in [0.05, 0.1) is 6.61 Å². The van der Waals surface area contributed by atoms with E-state index in [0.717, 1.165) is 5.69 Å². The molecule has 0 radical (unpaired) electrons. The molecule has 1 rings (SSSR count). The first-order chi connectivity index (χ1) is 7.77. The Balaban J connectivity index is 2.55. The van der Waals surface area contributed by atoms with Gasteiger partial charge in [0, 0.05) is 24.2 Å². The Morgan fingerprint density at radius 3 is 2.88 bits per heavy atom. The second kappa shape index (κ2) is 7.12. The summed E-state index contributed by atoms with van der Waals surface area (Å²) in [6, 6.07) is 4.81. The first-order valence-corrected chi connectivity index (χ1v) is 5.68. The van der Waals surface area contributed by atoms with Crippen LogP contribution in [0.4, 0.5) is 10.1 Å². The quantitative estimate of drug-likeness (QED) is 0.611. The Kier molecular flexibility index (Phi) is 5.72. The molecule has 0 aliphatic heterocycles. The molecule has 88 valence electrons. The van der Waals surface area contributed by atoms with E-state index in [4.69, 9.17) is 16.3 Å². The Labute approximate surface area is 100 Å². The van der Waals surface area contributed by atoms with Crippen molar-refractivity contribution in [3.05, 3.63) is 36.2 Å². The summed E-state index contributed by atoms with van der Waals surface area (Å²) in [7, 11) is 0. The lowest BCUT2D eigenvalue weighted by Gasteiger charge is -2.07. The van der Waals surface area contributed by atoms with Crippen molar-refractivity contribution in [2.75, 3.05) is 24.3 Å². The van der Waals surface area contributed by atoms with Gasteiger partial charge in [0.2, 0.25) is 0 Å². The van der Waals surface area contributed by atoms with Gasteiger partial charge in [-0.15, -0.1) is 11.6 Å². The minimum absolute atomic E-state index is 0.282. The van der Waals surface area contributed by atoms with Crippen molar-refractivity contribution in [1.29, 1.82) is 0 Å². The standard InChI is InChI=1S/C12H15ClFNO/c1-2-16-12-6-5-10(9-11(12)14)15-8-4-3-7-13/h3-6,9,15H,2,7-8H2,1H3/b4-3+. The lowest BCUT2D eigenvalue weighted by Crippen LogP contribution is -2.00. The Morgan fingerprint density at radius 1 is 1.44 bits per heavy atom. The van der Waals surface area contributed by atoms with Crippen molar-refractivity contribution < 1.29 is 9.13 Å². The monoisotopic (exact) mass is 243 g/mol. The van der Waals surface area contributed by atoms with Crippen LogP contribution in [0.3, 0.4) is 0 Å². The van der Waals surface area contributed by atoms with Crippen LogP contribution in [0, 0.1) is 5.82 Å². The van der Waals surface area contributed by atoms with E-state index < -0.39 is 0 Å². The molecule has 0 bridgehead atoms. The molecule has 0 aliphatic rings. The van der Waals surface area contributed by atoms with E-state index in [1.54, 1.807) is 12.1 Å². The van der Waals surface area contributed by atoms with E-state index in [2.05, 4.69) is 5.32 Å². The number of allylic oxidation sites excluding steroid dienone is 1. The summed E-state index contributed by atoms with van der Waals surface area (Å²) in [5, 5.41) is 3.05. The third-order valence-electron chi connectivity index (χ3n) is 1.91. The predicted molar refractivity (Wildman–Crippen MR) is 65.9 cm³/mol. The molecule has 4 heteroatoms. The molecule has 2 nitrogen and oxygen atoms in total. The van der Waals surface area contributed by atoms with Gasteiger partial charge in [0.1, 0.15) is 0 Å².